The first kappa shape index (κ1) is 26.1. The fourth-order valence-corrected chi connectivity index (χ4v) is 4.58. The van der Waals surface area contributed by atoms with E-state index >= 15 is 0 Å². The first-order valence-electron chi connectivity index (χ1n) is 12.7. The maximum absolute atomic E-state index is 13.0. The lowest BCUT2D eigenvalue weighted by Gasteiger charge is -2.19. The average Bonchev–Trinajstić information content (AvgIpc) is 3.09. The Balaban J connectivity index is 1.41. The zero-order chi connectivity index (χ0) is 26.6. The van der Waals surface area contributed by atoms with Crippen LogP contribution in [0.1, 0.15) is 50.3 Å². The zero-order valence-corrected chi connectivity index (χ0v) is 22.0. The highest BCUT2D eigenvalue weighted by atomic mass is 16.5. The summed E-state index contributed by atoms with van der Waals surface area (Å²) < 4.78 is 5.59. The lowest BCUT2D eigenvalue weighted by molar-refractivity contribution is -0.136. The third-order valence-electron chi connectivity index (χ3n) is 6.82. The van der Waals surface area contributed by atoms with Crippen molar-refractivity contribution < 1.29 is 19.4 Å². The summed E-state index contributed by atoms with van der Waals surface area (Å²) in [7, 11) is 0. The molecule has 0 saturated heterocycles. The molecule has 0 radical (unpaired) electrons. The van der Waals surface area contributed by atoms with Crippen LogP contribution in [0.15, 0.2) is 71.8 Å². The normalized spacial score (nSPS) is 14.5. The van der Waals surface area contributed by atoms with E-state index in [0.717, 1.165) is 47.4 Å². The summed E-state index contributed by atoms with van der Waals surface area (Å²) in [4.78, 5) is 24.3. The van der Waals surface area contributed by atoms with Crippen molar-refractivity contribution in [3.8, 4) is 16.9 Å². The summed E-state index contributed by atoms with van der Waals surface area (Å²) in [6, 6.07) is 21.9. The van der Waals surface area contributed by atoms with Crippen LogP contribution in [0.2, 0.25) is 0 Å². The molecular formula is C31H34N2O4. The van der Waals surface area contributed by atoms with Crippen molar-refractivity contribution in [3.05, 3.63) is 83.4 Å². The molecule has 6 nitrogen and oxygen atoms in total. The smallest absolute Gasteiger partial charge is 0.307 e. The van der Waals surface area contributed by atoms with Crippen LogP contribution in [-0.4, -0.2) is 29.3 Å². The van der Waals surface area contributed by atoms with Gasteiger partial charge in [0.25, 0.3) is 5.91 Å². The molecule has 1 N–H and O–H groups in total. The second-order valence-electron chi connectivity index (χ2n) is 10.0. The Kier molecular flexibility index (Phi) is 7.77. The van der Waals surface area contributed by atoms with E-state index in [0.29, 0.717) is 17.9 Å². The maximum Gasteiger partial charge on any atom is 0.307 e. The summed E-state index contributed by atoms with van der Waals surface area (Å²) in [6.07, 6.45) is 2.44. The first-order valence-corrected chi connectivity index (χ1v) is 12.7. The molecular weight excluding hydrogens is 464 g/mol. The highest BCUT2D eigenvalue weighted by molar-refractivity contribution is 6.18. The van der Waals surface area contributed by atoms with Crippen LogP contribution < -0.4 is 9.75 Å². The van der Waals surface area contributed by atoms with E-state index in [2.05, 4.69) is 24.3 Å². The second kappa shape index (κ2) is 11.0. The van der Waals surface area contributed by atoms with E-state index in [-0.39, 0.29) is 12.3 Å². The number of ether oxygens (including phenoxy) is 1. The molecule has 0 bridgehead atoms. The molecule has 3 aromatic rings. The number of hydrogen-bond donors (Lipinski definition) is 1. The van der Waals surface area contributed by atoms with Crippen LogP contribution >= 0.6 is 0 Å². The fraction of sp³-hybridized carbons (Fsp3) is 0.323. The van der Waals surface area contributed by atoms with E-state index in [1.54, 1.807) is 5.01 Å². The third kappa shape index (κ3) is 5.91. The largest absolute Gasteiger partial charge is 0.494 e. The van der Waals surface area contributed by atoms with E-state index in [9.17, 15) is 14.7 Å². The topological polar surface area (TPSA) is 79.2 Å². The predicted molar refractivity (Wildman–Crippen MR) is 147 cm³/mol. The van der Waals surface area contributed by atoms with Gasteiger partial charge in [-0.15, -0.1) is 0 Å². The Bertz CT molecular complexity index is 1310. The number of nitrogens with zero attached hydrogens (tertiary/aromatic N) is 2. The number of carbonyl (C=O) groups excluding carboxylic acids is 1. The van der Waals surface area contributed by atoms with Gasteiger partial charge in [-0.1, -0.05) is 48.0 Å². The monoisotopic (exact) mass is 498 g/mol. The van der Waals surface area contributed by atoms with Crippen molar-refractivity contribution in [1.29, 1.82) is 0 Å². The van der Waals surface area contributed by atoms with Gasteiger partial charge in [0, 0.05) is 5.56 Å². The molecule has 0 unspecified atom stereocenters. The molecule has 1 aliphatic rings. The second-order valence-corrected chi connectivity index (χ2v) is 10.0. The molecule has 3 aromatic carbocycles. The van der Waals surface area contributed by atoms with Crippen LogP contribution in [0.25, 0.3) is 11.1 Å². The van der Waals surface area contributed by atoms with Crippen LogP contribution in [-0.2, 0) is 22.4 Å². The van der Waals surface area contributed by atoms with E-state index in [1.807, 2.05) is 70.2 Å². The summed E-state index contributed by atoms with van der Waals surface area (Å²) in [5.74, 6) is -0.261. The molecule has 0 spiro atoms. The molecule has 0 aromatic heterocycles. The number of anilines is 1. The maximum atomic E-state index is 13.0. The Morgan fingerprint density at radius 2 is 1.65 bits per heavy atom. The van der Waals surface area contributed by atoms with Crippen molar-refractivity contribution >= 4 is 23.3 Å². The molecule has 4 rings (SSSR count). The number of aryl methyl sites for hydroxylation is 2. The molecule has 0 aliphatic carbocycles. The summed E-state index contributed by atoms with van der Waals surface area (Å²) in [5, 5.41) is 15.5. The molecule has 0 fully saturated rings. The quantitative estimate of drug-likeness (QED) is 0.349. The van der Waals surface area contributed by atoms with Crippen molar-refractivity contribution in [1.82, 2.24) is 0 Å². The Hall–Kier alpha value is -3.93. The number of amides is 1. The van der Waals surface area contributed by atoms with Gasteiger partial charge in [0.05, 0.1) is 29.8 Å². The highest BCUT2D eigenvalue weighted by Crippen LogP contribution is 2.34. The van der Waals surface area contributed by atoms with Crippen molar-refractivity contribution in [2.75, 3.05) is 11.6 Å². The Morgan fingerprint density at radius 3 is 2.30 bits per heavy atom. The van der Waals surface area contributed by atoms with Gasteiger partial charge in [-0.25, -0.2) is 5.01 Å². The van der Waals surface area contributed by atoms with Gasteiger partial charge in [-0.3, -0.25) is 9.59 Å². The fourth-order valence-electron chi connectivity index (χ4n) is 4.58. The molecule has 192 valence electrons. The van der Waals surface area contributed by atoms with E-state index in [1.165, 1.54) is 5.56 Å². The number of carboxylic acid groups (broad SMARTS) is 1. The predicted octanol–water partition coefficient (Wildman–Crippen LogP) is 6.44. The van der Waals surface area contributed by atoms with Gasteiger partial charge in [0.2, 0.25) is 0 Å². The number of carboxylic acids is 1. The Labute approximate surface area is 218 Å². The lowest BCUT2D eigenvalue weighted by Crippen LogP contribution is -2.34. The van der Waals surface area contributed by atoms with Crippen molar-refractivity contribution in [2.24, 2.45) is 10.5 Å². The minimum absolute atomic E-state index is 0.00771. The van der Waals surface area contributed by atoms with Crippen LogP contribution in [0.5, 0.6) is 5.75 Å². The van der Waals surface area contributed by atoms with Gasteiger partial charge in [0.1, 0.15) is 5.75 Å². The van der Waals surface area contributed by atoms with Crippen LogP contribution in [0.4, 0.5) is 5.69 Å². The van der Waals surface area contributed by atoms with E-state index < -0.39 is 11.4 Å². The first-order chi connectivity index (χ1) is 17.7. The van der Waals surface area contributed by atoms with Gasteiger partial charge in [-0.2, -0.15) is 5.10 Å². The standard InChI is InChI=1S/C31H34N2O4/c1-5-37-27-18-15-24(19-25(27)20-29(34)35)23-13-11-22(12-14-23)7-6-8-28-31(3,4)30(36)33(32-28)26-16-9-21(2)10-17-26/h9-19H,5-8,20H2,1-4H3,(H,34,35). The number of aliphatic carboxylic acids is 1. The number of hydrazone groups is 1. The lowest BCUT2D eigenvalue weighted by atomic mass is 9.84. The van der Waals surface area contributed by atoms with Gasteiger partial charge in [-0.05, 0) is 87.9 Å². The van der Waals surface area contributed by atoms with Crippen LogP contribution in [0, 0.1) is 12.3 Å². The van der Waals surface area contributed by atoms with Crippen molar-refractivity contribution in [3.63, 3.8) is 0 Å². The number of carbonyl (C=O) groups is 2. The van der Waals surface area contributed by atoms with Gasteiger partial charge < -0.3 is 9.84 Å². The minimum atomic E-state index is -0.882. The minimum Gasteiger partial charge on any atom is -0.494 e. The Morgan fingerprint density at radius 1 is 0.973 bits per heavy atom. The number of hydrogen-bond acceptors (Lipinski definition) is 4. The molecule has 0 saturated carbocycles. The molecule has 6 heteroatoms. The third-order valence-corrected chi connectivity index (χ3v) is 6.82. The zero-order valence-electron chi connectivity index (χ0n) is 22.0. The van der Waals surface area contributed by atoms with E-state index in [4.69, 9.17) is 9.84 Å². The number of rotatable bonds is 10. The van der Waals surface area contributed by atoms with Crippen molar-refractivity contribution in [2.45, 2.75) is 53.4 Å². The SMILES string of the molecule is CCOc1ccc(-c2ccc(CCCC3=NN(c4ccc(C)cc4)C(=O)C3(C)C)cc2)cc1CC(=O)O. The number of benzene rings is 3. The van der Waals surface area contributed by atoms with Crippen LogP contribution in [0.3, 0.4) is 0 Å². The van der Waals surface area contributed by atoms with Gasteiger partial charge >= 0.3 is 5.97 Å². The molecule has 1 heterocycles. The molecule has 0 atom stereocenters. The molecule has 37 heavy (non-hydrogen) atoms. The highest BCUT2D eigenvalue weighted by Gasteiger charge is 2.43. The summed E-state index contributed by atoms with van der Waals surface area (Å²) in [6.45, 7) is 8.30. The summed E-state index contributed by atoms with van der Waals surface area (Å²) in [5.41, 5.74) is 6.11. The van der Waals surface area contributed by atoms with Gasteiger partial charge in [0.15, 0.2) is 0 Å². The molecule has 1 amide bonds. The molecule has 1 aliphatic heterocycles. The summed E-state index contributed by atoms with van der Waals surface area (Å²) >= 11 is 0. The average molecular weight is 499 g/mol.